The van der Waals surface area contributed by atoms with Gasteiger partial charge < -0.3 is 5.11 Å². The van der Waals surface area contributed by atoms with Crippen molar-refractivity contribution in [1.82, 2.24) is 0 Å². The van der Waals surface area contributed by atoms with E-state index in [2.05, 4.69) is 0 Å². The molecule has 1 aromatic rings. The molecular weight excluding hydrogens is 140 g/mol. The molecule has 0 heterocycles. The van der Waals surface area contributed by atoms with Crippen LogP contribution in [0.1, 0.15) is 15.9 Å². The second-order valence-corrected chi connectivity index (χ2v) is 2.17. The zero-order valence-electron chi connectivity index (χ0n) is 5.95. The summed E-state index contributed by atoms with van der Waals surface area (Å²) in [7, 11) is 0. The van der Waals surface area contributed by atoms with Gasteiger partial charge in [0.05, 0.1) is 5.56 Å². The topological polar surface area (TPSA) is 37.3 Å². The van der Waals surface area contributed by atoms with Gasteiger partial charge >= 0.3 is 5.97 Å². The summed E-state index contributed by atoms with van der Waals surface area (Å²) >= 11 is 0. The molecule has 0 saturated carbocycles. The van der Waals surface area contributed by atoms with Crippen molar-refractivity contribution in [3.8, 4) is 0 Å². The first-order valence-corrected chi connectivity index (χ1v) is 3.27. The summed E-state index contributed by atoms with van der Waals surface area (Å²) in [6.07, 6.45) is 0.266. The molecule has 0 spiro atoms. The van der Waals surface area contributed by atoms with Crippen molar-refractivity contribution in [1.29, 1.82) is 0 Å². The van der Waals surface area contributed by atoms with E-state index in [0.717, 1.165) is 0 Å². The van der Waals surface area contributed by atoms with Crippen LogP contribution in [0.2, 0.25) is 0 Å². The van der Waals surface area contributed by atoms with Gasteiger partial charge in [-0.2, -0.15) is 0 Å². The molecule has 0 aliphatic carbocycles. The van der Waals surface area contributed by atoms with E-state index in [-0.39, 0.29) is 12.0 Å². The van der Waals surface area contributed by atoms with E-state index in [0.29, 0.717) is 5.56 Å². The van der Waals surface area contributed by atoms with Gasteiger partial charge in [-0.25, -0.2) is 4.79 Å². The fraction of sp³-hybridized carbons (Fsp3) is 0.111. The molecule has 0 bridgehead atoms. The first-order valence-electron chi connectivity index (χ1n) is 3.27. The minimum absolute atomic E-state index is 0.266. The highest BCUT2D eigenvalue weighted by Crippen LogP contribution is 2.08. The zero-order chi connectivity index (χ0) is 8.27. The number of aromatic carboxylic acids is 1. The molecule has 0 aliphatic heterocycles. The van der Waals surface area contributed by atoms with E-state index < -0.39 is 5.97 Å². The molecule has 56 valence electrons. The smallest absolute Gasteiger partial charge is 0.335 e. The van der Waals surface area contributed by atoms with Crippen molar-refractivity contribution in [2.45, 2.75) is 6.42 Å². The number of rotatable bonds is 2. The van der Waals surface area contributed by atoms with Gasteiger partial charge in [-0.05, 0) is 25.0 Å². The van der Waals surface area contributed by atoms with Crippen LogP contribution in [-0.4, -0.2) is 11.1 Å². The second kappa shape index (κ2) is 3.19. The lowest BCUT2D eigenvalue weighted by atomic mass is 10.1. The number of carboxylic acid groups (broad SMARTS) is 1. The Morgan fingerprint density at radius 1 is 1.45 bits per heavy atom. The van der Waals surface area contributed by atoms with Crippen LogP contribution >= 0.6 is 0 Å². The molecule has 2 heteroatoms. The van der Waals surface area contributed by atoms with Crippen molar-refractivity contribution >= 4 is 5.97 Å². The SMILES string of the molecule is [CH]Cc1ccccc1C(=O)O. The maximum Gasteiger partial charge on any atom is 0.335 e. The Hall–Kier alpha value is -1.31. The van der Waals surface area contributed by atoms with Crippen molar-refractivity contribution < 1.29 is 9.90 Å². The summed E-state index contributed by atoms with van der Waals surface area (Å²) < 4.78 is 0. The molecule has 1 rings (SSSR count). The largest absolute Gasteiger partial charge is 0.478 e. The molecule has 0 saturated heterocycles. The predicted molar refractivity (Wildman–Crippen MR) is 41.4 cm³/mol. The van der Waals surface area contributed by atoms with Gasteiger partial charge in [-0.15, -0.1) is 0 Å². The fourth-order valence-corrected chi connectivity index (χ4v) is 0.907. The summed E-state index contributed by atoms with van der Waals surface area (Å²) in [5, 5.41) is 8.64. The van der Waals surface area contributed by atoms with Crippen LogP contribution in [0.4, 0.5) is 0 Å². The number of benzene rings is 1. The third kappa shape index (κ3) is 1.58. The molecule has 0 fully saturated rings. The Morgan fingerprint density at radius 2 is 2.09 bits per heavy atom. The maximum absolute atomic E-state index is 10.5. The third-order valence-electron chi connectivity index (χ3n) is 1.47. The zero-order valence-corrected chi connectivity index (χ0v) is 5.95. The lowest BCUT2D eigenvalue weighted by Crippen LogP contribution is -2.00. The van der Waals surface area contributed by atoms with E-state index in [4.69, 9.17) is 12.0 Å². The Bertz CT molecular complexity index is 266. The number of hydrogen-bond donors (Lipinski definition) is 1. The number of carbonyl (C=O) groups is 1. The highest BCUT2D eigenvalue weighted by Gasteiger charge is 2.05. The van der Waals surface area contributed by atoms with Crippen LogP contribution < -0.4 is 0 Å². The average molecular weight is 148 g/mol. The highest BCUT2D eigenvalue weighted by molar-refractivity contribution is 5.89. The molecule has 1 N–H and O–H groups in total. The Labute approximate surface area is 65.5 Å². The summed E-state index contributed by atoms with van der Waals surface area (Å²) in [5.41, 5.74) is 0.954. The lowest BCUT2D eigenvalue weighted by Gasteiger charge is -2.00. The summed E-state index contributed by atoms with van der Waals surface area (Å²) in [6, 6.07) is 6.71. The molecule has 2 nitrogen and oxygen atoms in total. The monoisotopic (exact) mass is 148 g/mol. The van der Waals surface area contributed by atoms with Gasteiger partial charge in [0.15, 0.2) is 0 Å². The lowest BCUT2D eigenvalue weighted by molar-refractivity contribution is 0.0696. The van der Waals surface area contributed by atoms with Crippen LogP contribution in [0.25, 0.3) is 0 Å². The van der Waals surface area contributed by atoms with E-state index in [9.17, 15) is 4.79 Å². The molecule has 0 aliphatic rings. The number of carboxylic acids is 1. The first kappa shape index (κ1) is 7.79. The van der Waals surface area contributed by atoms with Crippen LogP contribution in [-0.2, 0) is 6.42 Å². The molecule has 0 amide bonds. The van der Waals surface area contributed by atoms with Gasteiger partial charge in [0.1, 0.15) is 0 Å². The molecule has 0 aromatic heterocycles. The van der Waals surface area contributed by atoms with Gasteiger partial charge in [-0.1, -0.05) is 18.2 Å². The molecule has 1 aromatic carbocycles. The average Bonchev–Trinajstić information content (AvgIpc) is 2.04. The molecule has 2 radical (unpaired) electrons. The van der Waals surface area contributed by atoms with Crippen molar-refractivity contribution in [2.24, 2.45) is 0 Å². The normalized spacial score (nSPS) is 9.55. The van der Waals surface area contributed by atoms with Crippen molar-refractivity contribution in [3.05, 3.63) is 42.3 Å². The summed E-state index contributed by atoms with van der Waals surface area (Å²) in [4.78, 5) is 10.5. The molecule has 11 heavy (non-hydrogen) atoms. The van der Waals surface area contributed by atoms with Crippen LogP contribution in [0.15, 0.2) is 24.3 Å². The third-order valence-corrected chi connectivity index (χ3v) is 1.47. The summed E-state index contributed by atoms with van der Waals surface area (Å²) in [6.45, 7) is 5.33. The van der Waals surface area contributed by atoms with Gasteiger partial charge in [0, 0.05) is 0 Å². The van der Waals surface area contributed by atoms with E-state index in [1.54, 1.807) is 24.3 Å². The fourth-order valence-electron chi connectivity index (χ4n) is 0.907. The Kier molecular flexibility index (Phi) is 2.26. The molecule has 0 unspecified atom stereocenters. The van der Waals surface area contributed by atoms with E-state index >= 15 is 0 Å². The quantitative estimate of drug-likeness (QED) is 0.692. The van der Waals surface area contributed by atoms with Crippen LogP contribution in [0.3, 0.4) is 0 Å². The Morgan fingerprint density at radius 3 is 2.55 bits per heavy atom. The Balaban J connectivity index is 3.12. The minimum Gasteiger partial charge on any atom is -0.478 e. The van der Waals surface area contributed by atoms with E-state index in [1.165, 1.54) is 0 Å². The highest BCUT2D eigenvalue weighted by atomic mass is 16.4. The van der Waals surface area contributed by atoms with Gasteiger partial charge in [0.2, 0.25) is 0 Å². The maximum atomic E-state index is 10.5. The summed E-state index contributed by atoms with van der Waals surface area (Å²) in [5.74, 6) is -0.925. The van der Waals surface area contributed by atoms with Crippen LogP contribution in [0.5, 0.6) is 0 Å². The molecular formula is C9H8O2. The van der Waals surface area contributed by atoms with Crippen molar-refractivity contribution in [2.75, 3.05) is 0 Å². The van der Waals surface area contributed by atoms with Gasteiger partial charge in [0.25, 0.3) is 0 Å². The van der Waals surface area contributed by atoms with Crippen LogP contribution in [0, 0.1) is 6.92 Å². The van der Waals surface area contributed by atoms with E-state index in [1.807, 2.05) is 0 Å². The predicted octanol–water partition coefficient (Wildman–Crippen LogP) is 1.64. The number of hydrogen-bond acceptors (Lipinski definition) is 1. The minimum atomic E-state index is -0.925. The standard InChI is InChI=1S/C9H8O2/c1-2-7-5-3-4-6-8(7)9(10)11/h1,3-6H,2H2,(H,10,11). The van der Waals surface area contributed by atoms with Crippen molar-refractivity contribution in [3.63, 3.8) is 0 Å². The second-order valence-electron chi connectivity index (χ2n) is 2.17. The molecule has 0 atom stereocenters. The van der Waals surface area contributed by atoms with Gasteiger partial charge in [-0.3, -0.25) is 0 Å². The first-order chi connectivity index (χ1) is 5.25.